The third-order valence-electron chi connectivity index (χ3n) is 3.03. The first kappa shape index (κ1) is 13.6. The van der Waals surface area contributed by atoms with Gasteiger partial charge in [-0.15, -0.1) is 0 Å². The Kier molecular flexibility index (Phi) is 4.93. The summed E-state index contributed by atoms with van der Waals surface area (Å²) in [7, 11) is 1.73. The summed E-state index contributed by atoms with van der Waals surface area (Å²) in [6, 6.07) is 12.5. The van der Waals surface area contributed by atoms with E-state index in [9.17, 15) is 0 Å². The minimum Gasteiger partial charge on any atom is -0.384 e. The van der Waals surface area contributed by atoms with E-state index < -0.39 is 0 Å². The first-order valence-electron chi connectivity index (χ1n) is 6.52. The van der Waals surface area contributed by atoms with Crippen LogP contribution in [0, 0.1) is 6.92 Å². The number of aromatic nitrogens is 1. The van der Waals surface area contributed by atoms with Crippen molar-refractivity contribution in [1.82, 2.24) is 4.98 Å². The van der Waals surface area contributed by atoms with Crippen LogP contribution in [-0.2, 0) is 17.7 Å². The second-order valence-corrected chi connectivity index (χ2v) is 4.58. The summed E-state index contributed by atoms with van der Waals surface area (Å²) in [4.78, 5) is 4.40. The van der Waals surface area contributed by atoms with Crippen molar-refractivity contribution in [2.45, 2.75) is 19.9 Å². The number of nitrogens with one attached hydrogen (secondary N) is 1. The van der Waals surface area contributed by atoms with Crippen LogP contribution in [0.5, 0.6) is 0 Å². The van der Waals surface area contributed by atoms with E-state index in [0.29, 0.717) is 0 Å². The number of methoxy groups -OCH3 is 1. The van der Waals surface area contributed by atoms with Crippen molar-refractivity contribution in [1.29, 1.82) is 0 Å². The first-order valence-corrected chi connectivity index (χ1v) is 6.52. The molecule has 2 aromatic rings. The third-order valence-corrected chi connectivity index (χ3v) is 3.03. The average molecular weight is 256 g/mol. The maximum absolute atomic E-state index is 5.14. The summed E-state index contributed by atoms with van der Waals surface area (Å²) in [5.41, 5.74) is 4.66. The molecule has 0 aliphatic heterocycles. The fraction of sp³-hybridized carbons (Fsp3) is 0.312. The fourth-order valence-corrected chi connectivity index (χ4v) is 1.91. The molecule has 0 bridgehead atoms. The van der Waals surface area contributed by atoms with E-state index in [0.717, 1.165) is 31.0 Å². The molecule has 0 saturated carbocycles. The number of hydrogen-bond acceptors (Lipinski definition) is 3. The molecule has 1 aromatic carbocycles. The number of rotatable bonds is 6. The number of nitrogens with zero attached hydrogens (tertiary/aromatic N) is 1. The van der Waals surface area contributed by atoms with Crippen molar-refractivity contribution < 1.29 is 4.74 Å². The molecular weight excluding hydrogens is 236 g/mol. The lowest BCUT2D eigenvalue weighted by molar-refractivity contribution is 0.202. The van der Waals surface area contributed by atoms with Crippen LogP contribution < -0.4 is 5.32 Å². The summed E-state index contributed by atoms with van der Waals surface area (Å²) >= 11 is 0. The van der Waals surface area contributed by atoms with E-state index in [4.69, 9.17) is 4.74 Å². The van der Waals surface area contributed by atoms with Gasteiger partial charge in [0.15, 0.2) is 0 Å². The van der Waals surface area contributed by atoms with Crippen molar-refractivity contribution in [3.05, 3.63) is 59.4 Å². The Bertz CT molecular complexity index is 508. The number of hydrogen-bond donors (Lipinski definition) is 1. The topological polar surface area (TPSA) is 34.1 Å². The number of para-hydroxylation sites is 1. The Labute approximate surface area is 114 Å². The summed E-state index contributed by atoms with van der Waals surface area (Å²) < 4.78 is 5.14. The van der Waals surface area contributed by atoms with Gasteiger partial charge in [-0.25, -0.2) is 0 Å². The van der Waals surface area contributed by atoms with Crippen LogP contribution in [0.15, 0.2) is 42.6 Å². The molecule has 1 heterocycles. The van der Waals surface area contributed by atoms with E-state index in [1.54, 1.807) is 7.11 Å². The molecule has 0 aliphatic rings. The van der Waals surface area contributed by atoms with Gasteiger partial charge < -0.3 is 10.1 Å². The van der Waals surface area contributed by atoms with Crippen LogP contribution in [0.25, 0.3) is 0 Å². The molecule has 0 radical (unpaired) electrons. The van der Waals surface area contributed by atoms with Crippen molar-refractivity contribution in [2.75, 3.05) is 19.0 Å². The highest BCUT2D eigenvalue weighted by Gasteiger charge is 2.01. The van der Waals surface area contributed by atoms with Gasteiger partial charge in [-0.3, -0.25) is 4.98 Å². The van der Waals surface area contributed by atoms with E-state index in [1.807, 2.05) is 19.2 Å². The van der Waals surface area contributed by atoms with Crippen molar-refractivity contribution in [2.24, 2.45) is 0 Å². The number of pyridine rings is 1. The lowest BCUT2D eigenvalue weighted by Gasteiger charge is -2.11. The predicted octanol–water partition coefficient (Wildman–Crippen LogP) is 3.19. The van der Waals surface area contributed by atoms with E-state index in [2.05, 4.69) is 40.6 Å². The molecule has 3 heteroatoms. The SMILES string of the molecule is COCCc1ccccc1NCc1ccc(C)cn1. The number of benzene rings is 1. The molecular formula is C16H20N2O. The zero-order chi connectivity index (χ0) is 13.5. The highest BCUT2D eigenvalue weighted by Crippen LogP contribution is 2.16. The Morgan fingerprint density at radius 1 is 1.16 bits per heavy atom. The van der Waals surface area contributed by atoms with Crippen molar-refractivity contribution >= 4 is 5.69 Å². The van der Waals surface area contributed by atoms with Crippen LogP contribution >= 0.6 is 0 Å². The van der Waals surface area contributed by atoms with Gasteiger partial charge in [-0.05, 0) is 36.6 Å². The monoisotopic (exact) mass is 256 g/mol. The normalized spacial score (nSPS) is 10.4. The third kappa shape index (κ3) is 4.07. The Hall–Kier alpha value is -1.87. The second-order valence-electron chi connectivity index (χ2n) is 4.58. The minimum atomic E-state index is 0.738. The molecule has 1 N–H and O–H groups in total. The van der Waals surface area contributed by atoms with Gasteiger partial charge in [0.05, 0.1) is 18.8 Å². The van der Waals surface area contributed by atoms with E-state index in [-0.39, 0.29) is 0 Å². The zero-order valence-corrected chi connectivity index (χ0v) is 11.5. The molecule has 0 amide bonds. The van der Waals surface area contributed by atoms with Gasteiger partial charge >= 0.3 is 0 Å². The standard InChI is InChI=1S/C16H20N2O/c1-13-7-8-15(17-11-13)12-18-16-6-4-3-5-14(16)9-10-19-2/h3-8,11,18H,9-10,12H2,1-2H3. The van der Waals surface area contributed by atoms with Crippen LogP contribution in [0.3, 0.4) is 0 Å². The lowest BCUT2D eigenvalue weighted by atomic mass is 10.1. The zero-order valence-electron chi connectivity index (χ0n) is 11.5. The molecule has 0 spiro atoms. The van der Waals surface area contributed by atoms with Gasteiger partial charge in [0.1, 0.15) is 0 Å². The van der Waals surface area contributed by atoms with E-state index >= 15 is 0 Å². The summed E-state index contributed by atoms with van der Waals surface area (Å²) in [6.45, 7) is 3.52. The van der Waals surface area contributed by atoms with E-state index in [1.165, 1.54) is 11.1 Å². The molecule has 100 valence electrons. The molecule has 0 aliphatic carbocycles. The van der Waals surface area contributed by atoms with Crippen molar-refractivity contribution in [3.63, 3.8) is 0 Å². The average Bonchev–Trinajstić information content (AvgIpc) is 2.45. The predicted molar refractivity (Wildman–Crippen MR) is 78.3 cm³/mol. The molecule has 0 fully saturated rings. The molecule has 0 atom stereocenters. The van der Waals surface area contributed by atoms with Crippen LogP contribution in [0.4, 0.5) is 5.69 Å². The van der Waals surface area contributed by atoms with Crippen LogP contribution in [0.1, 0.15) is 16.8 Å². The molecule has 2 rings (SSSR count). The number of ether oxygens (including phenoxy) is 1. The van der Waals surface area contributed by atoms with Crippen molar-refractivity contribution in [3.8, 4) is 0 Å². The summed E-state index contributed by atoms with van der Waals surface area (Å²) in [5.74, 6) is 0. The molecule has 1 aromatic heterocycles. The number of anilines is 1. The van der Waals surface area contributed by atoms with Gasteiger partial charge in [-0.1, -0.05) is 24.3 Å². The van der Waals surface area contributed by atoms with Gasteiger partial charge in [0.2, 0.25) is 0 Å². The Balaban J connectivity index is 2.00. The smallest absolute Gasteiger partial charge is 0.0594 e. The maximum Gasteiger partial charge on any atom is 0.0594 e. The summed E-state index contributed by atoms with van der Waals surface area (Å²) in [6.07, 6.45) is 2.81. The van der Waals surface area contributed by atoms with Crippen LogP contribution in [-0.4, -0.2) is 18.7 Å². The Morgan fingerprint density at radius 3 is 2.74 bits per heavy atom. The van der Waals surface area contributed by atoms with Gasteiger partial charge in [0.25, 0.3) is 0 Å². The van der Waals surface area contributed by atoms with Gasteiger partial charge in [-0.2, -0.15) is 0 Å². The highest BCUT2D eigenvalue weighted by molar-refractivity contribution is 5.51. The largest absolute Gasteiger partial charge is 0.384 e. The molecule has 0 saturated heterocycles. The summed E-state index contributed by atoms with van der Waals surface area (Å²) in [5, 5.41) is 3.44. The lowest BCUT2D eigenvalue weighted by Crippen LogP contribution is -2.05. The quantitative estimate of drug-likeness (QED) is 0.862. The molecule has 3 nitrogen and oxygen atoms in total. The molecule has 19 heavy (non-hydrogen) atoms. The van der Waals surface area contributed by atoms with Gasteiger partial charge in [0, 0.05) is 19.0 Å². The minimum absolute atomic E-state index is 0.738. The first-order chi connectivity index (χ1) is 9.29. The van der Waals surface area contributed by atoms with Crippen LogP contribution in [0.2, 0.25) is 0 Å². The second kappa shape index (κ2) is 6.90. The fourth-order valence-electron chi connectivity index (χ4n) is 1.91. The number of aryl methyl sites for hydroxylation is 1. The maximum atomic E-state index is 5.14. The Morgan fingerprint density at radius 2 is 2.00 bits per heavy atom. The molecule has 0 unspecified atom stereocenters. The highest BCUT2D eigenvalue weighted by atomic mass is 16.5.